The number of hydrogen-bond acceptors (Lipinski definition) is 4. The number of hydrogen-bond donors (Lipinski definition) is 2. The van der Waals surface area contributed by atoms with E-state index in [4.69, 9.17) is 5.73 Å². The molecule has 0 radical (unpaired) electrons. The molecule has 0 saturated heterocycles. The molecule has 0 aliphatic heterocycles. The number of nitrogens with one attached hydrogen (secondary N) is 1. The lowest BCUT2D eigenvalue weighted by molar-refractivity contribution is 0.0940. The predicted molar refractivity (Wildman–Crippen MR) is 76.0 cm³/mol. The van der Waals surface area contributed by atoms with E-state index in [9.17, 15) is 4.79 Å². The molecular weight excluding hydrogens is 240 g/mol. The van der Waals surface area contributed by atoms with Gasteiger partial charge in [0.25, 0.3) is 5.91 Å². The molecule has 0 aliphatic rings. The molecule has 0 saturated carbocycles. The second-order valence-electron chi connectivity index (χ2n) is 4.95. The van der Waals surface area contributed by atoms with Crippen molar-refractivity contribution in [3.05, 3.63) is 23.0 Å². The van der Waals surface area contributed by atoms with Crippen LogP contribution >= 0.6 is 0 Å². The Morgan fingerprint density at radius 2 is 1.95 bits per heavy atom. The fourth-order valence-electron chi connectivity index (χ4n) is 1.82. The molecule has 0 unspecified atom stereocenters. The van der Waals surface area contributed by atoms with Crippen molar-refractivity contribution in [2.24, 2.45) is 5.73 Å². The maximum atomic E-state index is 12.2. The number of carbonyl (C=O) groups is 1. The highest BCUT2D eigenvalue weighted by atomic mass is 16.1. The zero-order valence-electron chi connectivity index (χ0n) is 12.3. The van der Waals surface area contributed by atoms with Crippen LogP contribution < -0.4 is 11.1 Å². The van der Waals surface area contributed by atoms with Crippen LogP contribution in [0.1, 0.15) is 55.4 Å². The topological polar surface area (TPSA) is 80.9 Å². The molecule has 106 valence electrons. The fourth-order valence-corrected chi connectivity index (χ4v) is 1.82. The Hall–Kier alpha value is -1.49. The van der Waals surface area contributed by atoms with E-state index in [0.29, 0.717) is 18.5 Å². The van der Waals surface area contributed by atoms with E-state index in [1.807, 2.05) is 27.7 Å². The Morgan fingerprint density at radius 1 is 1.32 bits per heavy atom. The van der Waals surface area contributed by atoms with E-state index in [0.717, 1.165) is 24.2 Å². The van der Waals surface area contributed by atoms with Gasteiger partial charge in [-0.25, -0.2) is 0 Å². The standard InChI is InChI=1S/C14H24N4O/c1-5-12-11(8-10(4)17-18-12)13(19)16-9-14(15,6-2)7-3/h8H,5-7,9,15H2,1-4H3,(H,16,19). The Morgan fingerprint density at radius 3 is 2.47 bits per heavy atom. The first-order valence-corrected chi connectivity index (χ1v) is 6.86. The average molecular weight is 264 g/mol. The van der Waals surface area contributed by atoms with Crippen molar-refractivity contribution in [1.82, 2.24) is 15.5 Å². The Balaban J connectivity index is 2.81. The second kappa shape index (κ2) is 6.61. The summed E-state index contributed by atoms with van der Waals surface area (Å²) in [5.41, 5.74) is 7.91. The minimum Gasteiger partial charge on any atom is -0.350 e. The quantitative estimate of drug-likeness (QED) is 0.817. The SMILES string of the molecule is CCc1nnc(C)cc1C(=O)NCC(N)(CC)CC. The first-order valence-electron chi connectivity index (χ1n) is 6.86. The summed E-state index contributed by atoms with van der Waals surface area (Å²) in [4.78, 5) is 12.2. The summed E-state index contributed by atoms with van der Waals surface area (Å²) in [6, 6.07) is 1.78. The number of carbonyl (C=O) groups excluding carboxylic acids is 1. The summed E-state index contributed by atoms with van der Waals surface area (Å²) < 4.78 is 0. The molecule has 0 aliphatic carbocycles. The number of aromatic nitrogens is 2. The molecule has 1 amide bonds. The molecule has 1 aromatic heterocycles. The van der Waals surface area contributed by atoms with E-state index in [1.165, 1.54) is 0 Å². The predicted octanol–water partition coefficient (Wildman–Crippen LogP) is 1.59. The maximum Gasteiger partial charge on any atom is 0.253 e. The van der Waals surface area contributed by atoms with Gasteiger partial charge in [-0.05, 0) is 32.3 Å². The highest BCUT2D eigenvalue weighted by molar-refractivity contribution is 5.95. The summed E-state index contributed by atoms with van der Waals surface area (Å²) in [5, 5.41) is 11.0. The third-order valence-electron chi connectivity index (χ3n) is 3.58. The van der Waals surface area contributed by atoms with E-state index >= 15 is 0 Å². The molecule has 5 nitrogen and oxygen atoms in total. The van der Waals surface area contributed by atoms with E-state index in [1.54, 1.807) is 6.07 Å². The van der Waals surface area contributed by atoms with Crippen LogP contribution in [-0.4, -0.2) is 28.2 Å². The number of aryl methyl sites for hydroxylation is 2. The average Bonchev–Trinajstić information content (AvgIpc) is 2.44. The summed E-state index contributed by atoms with van der Waals surface area (Å²) in [6.45, 7) is 8.33. The molecule has 0 atom stereocenters. The van der Waals surface area contributed by atoms with Crippen LogP contribution in [0.4, 0.5) is 0 Å². The van der Waals surface area contributed by atoms with Gasteiger partial charge in [-0.15, -0.1) is 0 Å². The van der Waals surface area contributed by atoms with Gasteiger partial charge < -0.3 is 11.1 Å². The zero-order valence-corrected chi connectivity index (χ0v) is 12.3. The molecule has 1 rings (SSSR count). The van der Waals surface area contributed by atoms with Crippen molar-refractivity contribution in [1.29, 1.82) is 0 Å². The monoisotopic (exact) mass is 264 g/mol. The minimum atomic E-state index is -0.336. The van der Waals surface area contributed by atoms with Crippen LogP contribution in [0.25, 0.3) is 0 Å². The third-order valence-corrected chi connectivity index (χ3v) is 3.58. The van der Waals surface area contributed by atoms with Gasteiger partial charge in [0.15, 0.2) is 0 Å². The normalized spacial score (nSPS) is 11.4. The lowest BCUT2D eigenvalue weighted by Gasteiger charge is -2.26. The molecule has 0 fully saturated rings. The Kier molecular flexibility index (Phi) is 5.42. The van der Waals surface area contributed by atoms with Crippen molar-refractivity contribution in [2.75, 3.05) is 6.54 Å². The van der Waals surface area contributed by atoms with Crippen molar-refractivity contribution in [3.63, 3.8) is 0 Å². The van der Waals surface area contributed by atoms with Gasteiger partial charge in [-0.1, -0.05) is 20.8 Å². The van der Waals surface area contributed by atoms with Crippen molar-refractivity contribution in [3.8, 4) is 0 Å². The van der Waals surface area contributed by atoms with Gasteiger partial charge in [-0.2, -0.15) is 10.2 Å². The smallest absolute Gasteiger partial charge is 0.253 e. The molecule has 3 N–H and O–H groups in total. The van der Waals surface area contributed by atoms with Gasteiger partial charge in [0.1, 0.15) is 0 Å². The van der Waals surface area contributed by atoms with Crippen LogP contribution in [0.3, 0.4) is 0 Å². The first-order chi connectivity index (χ1) is 8.95. The molecule has 1 aromatic rings. The molecule has 0 spiro atoms. The molecule has 0 bridgehead atoms. The minimum absolute atomic E-state index is 0.119. The van der Waals surface area contributed by atoms with Crippen LogP contribution in [0.5, 0.6) is 0 Å². The van der Waals surface area contributed by atoms with Crippen LogP contribution in [0.15, 0.2) is 6.07 Å². The van der Waals surface area contributed by atoms with Gasteiger partial charge >= 0.3 is 0 Å². The van der Waals surface area contributed by atoms with Crippen molar-refractivity contribution < 1.29 is 4.79 Å². The van der Waals surface area contributed by atoms with E-state index in [2.05, 4.69) is 15.5 Å². The maximum absolute atomic E-state index is 12.2. The molecule has 5 heteroatoms. The zero-order chi connectivity index (χ0) is 14.5. The van der Waals surface area contributed by atoms with Crippen molar-refractivity contribution >= 4 is 5.91 Å². The second-order valence-corrected chi connectivity index (χ2v) is 4.95. The number of nitrogens with two attached hydrogens (primary N) is 1. The van der Waals surface area contributed by atoms with Crippen LogP contribution in [-0.2, 0) is 6.42 Å². The summed E-state index contributed by atoms with van der Waals surface area (Å²) in [6.07, 6.45) is 2.35. The fraction of sp³-hybridized carbons (Fsp3) is 0.643. The Labute approximate surface area is 115 Å². The molecule has 1 heterocycles. The Bertz CT molecular complexity index is 441. The van der Waals surface area contributed by atoms with Gasteiger partial charge in [0.2, 0.25) is 0 Å². The van der Waals surface area contributed by atoms with Gasteiger partial charge in [-0.3, -0.25) is 4.79 Å². The van der Waals surface area contributed by atoms with Gasteiger partial charge in [0, 0.05) is 12.1 Å². The highest BCUT2D eigenvalue weighted by Gasteiger charge is 2.22. The molecular formula is C14H24N4O. The summed E-state index contributed by atoms with van der Waals surface area (Å²) >= 11 is 0. The first kappa shape index (κ1) is 15.6. The van der Waals surface area contributed by atoms with E-state index in [-0.39, 0.29) is 11.4 Å². The third kappa shape index (κ3) is 3.99. The van der Waals surface area contributed by atoms with Crippen LogP contribution in [0.2, 0.25) is 0 Å². The summed E-state index contributed by atoms with van der Waals surface area (Å²) in [7, 11) is 0. The number of rotatable bonds is 6. The lowest BCUT2D eigenvalue weighted by Crippen LogP contribution is -2.49. The van der Waals surface area contributed by atoms with E-state index < -0.39 is 0 Å². The number of amides is 1. The largest absolute Gasteiger partial charge is 0.350 e. The van der Waals surface area contributed by atoms with Crippen LogP contribution in [0, 0.1) is 6.92 Å². The summed E-state index contributed by atoms with van der Waals surface area (Å²) in [5.74, 6) is -0.119. The molecule has 0 aromatic carbocycles. The lowest BCUT2D eigenvalue weighted by atomic mass is 9.94. The number of nitrogens with zero attached hydrogens (tertiary/aromatic N) is 2. The van der Waals surface area contributed by atoms with Crippen molar-refractivity contribution in [2.45, 2.75) is 52.5 Å². The van der Waals surface area contributed by atoms with Gasteiger partial charge in [0.05, 0.1) is 17.0 Å². The molecule has 19 heavy (non-hydrogen) atoms. The highest BCUT2D eigenvalue weighted by Crippen LogP contribution is 2.11.